The molecule has 0 aliphatic carbocycles. The van der Waals surface area contributed by atoms with Crippen LogP contribution in [0.15, 0.2) is 36.7 Å². The van der Waals surface area contributed by atoms with E-state index in [4.69, 9.17) is 11.6 Å². The molecule has 0 aliphatic heterocycles. The van der Waals surface area contributed by atoms with Crippen molar-refractivity contribution in [1.29, 1.82) is 0 Å². The third kappa shape index (κ3) is 1.85. The minimum atomic E-state index is -0.433. The van der Waals surface area contributed by atoms with Crippen LogP contribution < -0.4 is 5.43 Å². The van der Waals surface area contributed by atoms with Gasteiger partial charge >= 0.3 is 0 Å². The van der Waals surface area contributed by atoms with Gasteiger partial charge in [-0.2, -0.15) is 9.89 Å². The van der Waals surface area contributed by atoms with Gasteiger partial charge in [-0.15, -0.1) is 0 Å². The molecule has 5 heteroatoms. The SMILES string of the molecule is Fc1ccc(Nn2cccn2)cc1Cl. The molecule has 1 aromatic heterocycles. The number of hydrogen-bond acceptors (Lipinski definition) is 2. The maximum atomic E-state index is 12.8. The fraction of sp³-hybridized carbons (Fsp3) is 0. The summed E-state index contributed by atoms with van der Waals surface area (Å²) < 4.78 is 12.8. The summed E-state index contributed by atoms with van der Waals surface area (Å²) in [7, 11) is 0. The highest BCUT2D eigenvalue weighted by molar-refractivity contribution is 6.31. The van der Waals surface area contributed by atoms with Crippen LogP contribution in [0.4, 0.5) is 10.1 Å². The highest BCUT2D eigenvalue weighted by Crippen LogP contribution is 2.19. The Labute approximate surface area is 85.1 Å². The zero-order valence-corrected chi connectivity index (χ0v) is 7.87. The predicted molar refractivity (Wildman–Crippen MR) is 52.7 cm³/mol. The average molecular weight is 212 g/mol. The van der Waals surface area contributed by atoms with E-state index in [2.05, 4.69) is 10.5 Å². The van der Waals surface area contributed by atoms with Crippen LogP contribution in [0.2, 0.25) is 5.02 Å². The Bertz CT molecular complexity index is 428. The van der Waals surface area contributed by atoms with E-state index < -0.39 is 5.82 Å². The molecule has 1 aromatic carbocycles. The molecule has 0 aliphatic rings. The molecule has 2 aromatic rings. The molecular weight excluding hydrogens is 205 g/mol. The molecule has 2 rings (SSSR count). The van der Waals surface area contributed by atoms with Gasteiger partial charge in [0.15, 0.2) is 0 Å². The lowest BCUT2D eigenvalue weighted by atomic mass is 10.3. The third-order valence-electron chi connectivity index (χ3n) is 1.67. The Balaban J connectivity index is 2.22. The number of benzene rings is 1. The number of aromatic nitrogens is 2. The molecule has 0 spiro atoms. The minimum absolute atomic E-state index is 0.0853. The van der Waals surface area contributed by atoms with Gasteiger partial charge in [-0.1, -0.05) is 11.6 Å². The number of nitrogens with one attached hydrogen (secondary N) is 1. The van der Waals surface area contributed by atoms with Gasteiger partial charge in [0.05, 0.1) is 16.9 Å². The smallest absolute Gasteiger partial charge is 0.141 e. The Kier molecular flexibility index (Phi) is 2.37. The number of halogens is 2. The van der Waals surface area contributed by atoms with Gasteiger partial charge in [-0.3, -0.25) is 5.43 Å². The topological polar surface area (TPSA) is 29.9 Å². The molecule has 0 amide bonds. The monoisotopic (exact) mass is 211 g/mol. The van der Waals surface area contributed by atoms with Crippen molar-refractivity contribution in [2.75, 3.05) is 5.43 Å². The lowest BCUT2D eigenvalue weighted by Crippen LogP contribution is -2.08. The van der Waals surface area contributed by atoms with E-state index in [0.29, 0.717) is 5.69 Å². The van der Waals surface area contributed by atoms with Crippen molar-refractivity contribution < 1.29 is 4.39 Å². The van der Waals surface area contributed by atoms with E-state index in [-0.39, 0.29) is 5.02 Å². The summed E-state index contributed by atoms with van der Waals surface area (Å²) in [5, 5.41) is 4.02. The lowest BCUT2D eigenvalue weighted by molar-refractivity contribution is 0.628. The maximum Gasteiger partial charge on any atom is 0.141 e. The van der Waals surface area contributed by atoms with Crippen LogP contribution in [0, 0.1) is 5.82 Å². The summed E-state index contributed by atoms with van der Waals surface area (Å²) >= 11 is 5.61. The normalized spacial score (nSPS) is 10.1. The largest absolute Gasteiger partial charge is 0.278 e. The van der Waals surface area contributed by atoms with Crippen molar-refractivity contribution in [1.82, 2.24) is 9.89 Å². The molecule has 0 fully saturated rings. The first-order valence-corrected chi connectivity index (χ1v) is 4.35. The Hall–Kier alpha value is -1.55. The second-order valence-corrected chi connectivity index (χ2v) is 3.10. The van der Waals surface area contributed by atoms with Crippen LogP contribution in [0.25, 0.3) is 0 Å². The molecule has 1 heterocycles. The molecule has 0 saturated carbocycles. The summed E-state index contributed by atoms with van der Waals surface area (Å²) in [6.45, 7) is 0. The molecule has 0 saturated heterocycles. The van der Waals surface area contributed by atoms with Gasteiger partial charge in [0, 0.05) is 6.20 Å². The van der Waals surface area contributed by atoms with Crippen molar-refractivity contribution in [2.24, 2.45) is 0 Å². The van der Waals surface area contributed by atoms with Gasteiger partial charge in [0.25, 0.3) is 0 Å². The predicted octanol–water partition coefficient (Wildman–Crippen LogP) is 2.55. The van der Waals surface area contributed by atoms with E-state index >= 15 is 0 Å². The summed E-state index contributed by atoms with van der Waals surface area (Å²) in [6.07, 6.45) is 3.37. The summed E-state index contributed by atoms with van der Waals surface area (Å²) in [6, 6.07) is 6.16. The van der Waals surface area contributed by atoms with Crippen LogP contribution in [-0.2, 0) is 0 Å². The van der Waals surface area contributed by atoms with Crippen molar-refractivity contribution >= 4 is 17.3 Å². The fourth-order valence-electron chi connectivity index (χ4n) is 1.03. The second-order valence-electron chi connectivity index (χ2n) is 2.69. The number of hydrogen-bond donors (Lipinski definition) is 1. The molecule has 0 radical (unpaired) electrons. The minimum Gasteiger partial charge on any atom is -0.278 e. The lowest BCUT2D eigenvalue weighted by Gasteiger charge is -2.05. The molecule has 0 atom stereocenters. The molecule has 0 unspecified atom stereocenters. The van der Waals surface area contributed by atoms with Crippen LogP contribution >= 0.6 is 11.6 Å². The van der Waals surface area contributed by atoms with Gasteiger partial charge < -0.3 is 0 Å². The first-order valence-electron chi connectivity index (χ1n) is 3.97. The summed E-state index contributed by atoms with van der Waals surface area (Å²) in [5.41, 5.74) is 3.59. The third-order valence-corrected chi connectivity index (χ3v) is 1.96. The first-order chi connectivity index (χ1) is 6.75. The quantitative estimate of drug-likeness (QED) is 0.828. The standard InChI is InChI=1S/C9H7ClFN3/c10-8-6-7(2-3-9(8)11)13-14-5-1-4-12-14/h1-6,13H. The average Bonchev–Trinajstić information content (AvgIpc) is 2.64. The molecular formula is C9H7ClFN3. The Morgan fingerprint density at radius 1 is 1.43 bits per heavy atom. The van der Waals surface area contributed by atoms with Crippen LogP contribution in [0.1, 0.15) is 0 Å². The second kappa shape index (κ2) is 3.67. The molecule has 14 heavy (non-hydrogen) atoms. The van der Waals surface area contributed by atoms with Gasteiger partial charge in [-0.05, 0) is 24.3 Å². The van der Waals surface area contributed by atoms with E-state index in [0.717, 1.165) is 0 Å². The van der Waals surface area contributed by atoms with Crippen molar-refractivity contribution in [3.05, 3.63) is 47.5 Å². The van der Waals surface area contributed by atoms with E-state index in [1.165, 1.54) is 16.9 Å². The molecule has 0 bridgehead atoms. The molecule has 72 valence electrons. The zero-order valence-electron chi connectivity index (χ0n) is 7.11. The van der Waals surface area contributed by atoms with Crippen molar-refractivity contribution in [3.63, 3.8) is 0 Å². The molecule has 3 nitrogen and oxygen atoms in total. The van der Waals surface area contributed by atoms with Crippen LogP contribution in [0.5, 0.6) is 0 Å². The summed E-state index contributed by atoms with van der Waals surface area (Å²) in [5.74, 6) is -0.433. The van der Waals surface area contributed by atoms with E-state index in [1.807, 2.05) is 0 Å². The van der Waals surface area contributed by atoms with Crippen LogP contribution in [0.3, 0.4) is 0 Å². The highest BCUT2D eigenvalue weighted by Gasteiger charge is 2.00. The highest BCUT2D eigenvalue weighted by atomic mass is 35.5. The zero-order chi connectivity index (χ0) is 9.97. The number of nitrogens with zero attached hydrogens (tertiary/aromatic N) is 2. The van der Waals surface area contributed by atoms with Gasteiger partial charge in [-0.25, -0.2) is 4.39 Å². The first kappa shape index (κ1) is 9.02. The number of rotatable bonds is 2. The summed E-state index contributed by atoms with van der Waals surface area (Å²) in [4.78, 5) is 1.50. The Morgan fingerprint density at radius 2 is 2.29 bits per heavy atom. The Morgan fingerprint density at radius 3 is 2.93 bits per heavy atom. The maximum absolute atomic E-state index is 12.8. The van der Waals surface area contributed by atoms with E-state index in [1.54, 1.807) is 24.5 Å². The molecule has 1 N–H and O–H groups in total. The number of anilines is 1. The van der Waals surface area contributed by atoms with Crippen molar-refractivity contribution in [2.45, 2.75) is 0 Å². The fourth-order valence-corrected chi connectivity index (χ4v) is 1.21. The van der Waals surface area contributed by atoms with Crippen LogP contribution in [-0.4, -0.2) is 9.89 Å². The van der Waals surface area contributed by atoms with Gasteiger partial charge in [0.2, 0.25) is 0 Å². The van der Waals surface area contributed by atoms with Gasteiger partial charge in [0.1, 0.15) is 5.82 Å². The van der Waals surface area contributed by atoms with E-state index in [9.17, 15) is 4.39 Å². The van der Waals surface area contributed by atoms with Crippen molar-refractivity contribution in [3.8, 4) is 0 Å².